The number of carbonyl (C=O) groups excluding carboxylic acids is 2. The number of rotatable bonds is 0. The molecule has 0 aromatic rings. The van der Waals surface area contributed by atoms with E-state index in [2.05, 4.69) is 10.6 Å². The van der Waals surface area contributed by atoms with Crippen LogP contribution in [0, 0.1) is 10.8 Å². The molecule has 22 heavy (non-hydrogen) atoms. The second-order valence-electron chi connectivity index (χ2n) is 6.39. The van der Waals surface area contributed by atoms with Gasteiger partial charge >= 0.3 is 0 Å². The Labute approximate surface area is 129 Å². The zero-order valence-corrected chi connectivity index (χ0v) is 12.5. The van der Waals surface area contributed by atoms with Crippen LogP contribution in [-0.4, -0.2) is 64.5 Å². The minimum absolute atomic E-state index is 0.583. The Kier molecular flexibility index (Phi) is 5.74. The van der Waals surface area contributed by atoms with Crippen molar-refractivity contribution in [2.45, 2.75) is 12.8 Å². The molecule has 0 aromatic heterocycles. The Hall–Kier alpha value is -1.22. The summed E-state index contributed by atoms with van der Waals surface area (Å²) in [6, 6.07) is 0. The lowest BCUT2D eigenvalue weighted by atomic mass is 9.81. The quantitative estimate of drug-likeness (QED) is 0.441. The van der Waals surface area contributed by atoms with Crippen molar-refractivity contribution in [3.05, 3.63) is 0 Å². The van der Waals surface area contributed by atoms with Gasteiger partial charge in [0.1, 0.15) is 0 Å². The summed E-state index contributed by atoms with van der Waals surface area (Å²) in [6.45, 7) is 8.73. The Morgan fingerprint density at radius 3 is 1.23 bits per heavy atom. The van der Waals surface area contributed by atoms with Gasteiger partial charge in [0, 0.05) is 50.2 Å². The zero-order chi connectivity index (χ0) is 16.1. The van der Waals surface area contributed by atoms with E-state index in [0.29, 0.717) is 10.8 Å². The predicted molar refractivity (Wildman–Crippen MR) is 71.5 cm³/mol. The van der Waals surface area contributed by atoms with E-state index in [0.717, 1.165) is 26.4 Å². The lowest BCUT2D eigenvalue weighted by molar-refractivity contribution is -0.345. The summed E-state index contributed by atoms with van der Waals surface area (Å²) in [7, 11) is 0. The van der Waals surface area contributed by atoms with Crippen molar-refractivity contribution in [1.29, 1.82) is 0 Å². The van der Waals surface area contributed by atoms with E-state index in [1.165, 1.54) is 39.0 Å². The maximum atomic E-state index is 8.93. The van der Waals surface area contributed by atoms with E-state index in [4.69, 9.17) is 29.3 Å². The van der Waals surface area contributed by atoms with Crippen molar-refractivity contribution in [1.82, 2.24) is 10.6 Å². The summed E-state index contributed by atoms with van der Waals surface area (Å²) in [5.74, 6) is -4.37. The van der Waals surface area contributed by atoms with Crippen LogP contribution in [0.3, 0.4) is 0 Å². The topological polar surface area (TPSA) is 123 Å². The summed E-state index contributed by atoms with van der Waals surface area (Å²) < 4.78 is 10.5. The van der Waals surface area contributed by atoms with Crippen LogP contribution in [0.5, 0.6) is 0 Å². The monoisotopic (exact) mass is 314 g/mol. The average Bonchev–Trinajstić information content (AvgIpc) is 3.08. The zero-order valence-electron chi connectivity index (χ0n) is 12.5. The van der Waals surface area contributed by atoms with Gasteiger partial charge in [0.05, 0.1) is 25.2 Å². The van der Waals surface area contributed by atoms with Crippen molar-refractivity contribution in [3.63, 3.8) is 0 Å². The normalized spacial score (nSPS) is 26.0. The maximum absolute atomic E-state index is 8.93. The molecule has 126 valence electrons. The summed E-state index contributed by atoms with van der Waals surface area (Å²) in [6.07, 6.45) is 2.56. The van der Waals surface area contributed by atoms with E-state index >= 15 is 0 Å². The fraction of sp³-hybridized carbons (Fsp3) is 0.857. The minimum Gasteiger partial charge on any atom is -0.543 e. The van der Waals surface area contributed by atoms with Crippen LogP contribution in [0.15, 0.2) is 0 Å². The lowest BCUT2D eigenvalue weighted by Crippen LogP contribution is -2.53. The van der Waals surface area contributed by atoms with Crippen molar-refractivity contribution >= 4 is 11.9 Å². The molecule has 4 aliphatic heterocycles. The van der Waals surface area contributed by atoms with Crippen LogP contribution >= 0.6 is 0 Å². The average molecular weight is 314 g/mol. The fourth-order valence-corrected chi connectivity index (χ4v) is 2.81. The van der Waals surface area contributed by atoms with Crippen molar-refractivity contribution in [2.24, 2.45) is 10.8 Å². The van der Waals surface area contributed by atoms with E-state index in [9.17, 15) is 0 Å². The molecule has 4 aliphatic rings. The number of hydrogen-bond donors (Lipinski definition) is 2. The molecule has 0 aromatic carbocycles. The number of carbonyl (C=O) groups is 2. The highest BCUT2D eigenvalue weighted by Gasteiger charge is 2.40. The molecule has 2 N–H and O–H groups in total. The third-order valence-electron chi connectivity index (χ3n) is 4.54. The van der Waals surface area contributed by atoms with Gasteiger partial charge in [-0.2, -0.15) is 0 Å². The standard InChI is InChI=1S/2C6H11NO.C2H2O4/c2*1-2-8-5-6(1)3-7-4-6;3-1(4)2(5)6/h2*7H,1-5H2;(H,3,4)(H,5,6)/p-2. The van der Waals surface area contributed by atoms with Gasteiger partial charge in [0.2, 0.25) is 0 Å². The summed E-state index contributed by atoms with van der Waals surface area (Å²) in [5, 5.41) is 24.4. The molecule has 4 heterocycles. The van der Waals surface area contributed by atoms with E-state index in [1.807, 2.05) is 0 Å². The highest BCUT2D eigenvalue weighted by Crippen LogP contribution is 2.32. The minimum atomic E-state index is -2.19. The van der Waals surface area contributed by atoms with Crippen LogP contribution in [0.25, 0.3) is 0 Å². The predicted octanol–water partition coefficient (Wildman–Crippen LogP) is -3.52. The first-order valence-corrected chi connectivity index (χ1v) is 7.46. The smallest absolute Gasteiger partial charge is 0.0870 e. The molecule has 2 spiro atoms. The largest absolute Gasteiger partial charge is 0.543 e. The number of nitrogens with one attached hydrogen (secondary N) is 2. The molecular formula is C14H22N2O6-2. The van der Waals surface area contributed by atoms with Gasteiger partial charge in [0.25, 0.3) is 0 Å². The lowest BCUT2D eigenvalue weighted by Gasteiger charge is -2.37. The summed E-state index contributed by atoms with van der Waals surface area (Å²) in [4.78, 5) is 17.9. The summed E-state index contributed by atoms with van der Waals surface area (Å²) >= 11 is 0. The van der Waals surface area contributed by atoms with Crippen molar-refractivity contribution in [3.8, 4) is 0 Å². The molecule has 0 amide bonds. The van der Waals surface area contributed by atoms with Crippen molar-refractivity contribution in [2.75, 3.05) is 52.6 Å². The van der Waals surface area contributed by atoms with Gasteiger partial charge in [0.15, 0.2) is 0 Å². The molecule has 4 rings (SSSR count). The van der Waals surface area contributed by atoms with Crippen LogP contribution in [0.1, 0.15) is 12.8 Å². The van der Waals surface area contributed by atoms with Crippen LogP contribution < -0.4 is 20.8 Å². The number of carboxylic acid groups (broad SMARTS) is 2. The van der Waals surface area contributed by atoms with E-state index < -0.39 is 11.9 Å². The van der Waals surface area contributed by atoms with Crippen LogP contribution in [-0.2, 0) is 19.1 Å². The van der Waals surface area contributed by atoms with Gasteiger partial charge in [-0.25, -0.2) is 0 Å². The molecule has 0 saturated carbocycles. The Balaban J connectivity index is 0.000000123. The van der Waals surface area contributed by atoms with Crippen LogP contribution in [0.4, 0.5) is 0 Å². The number of hydrogen-bond acceptors (Lipinski definition) is 8. The fourth-order valence-electron chi connectivity index (χ4n) is 2.81. The van der Waals surface area contributed by atoms with E-state index in [1.54, 1.807) is 0 Å². The van der Waals surface area contributed by atoms with Gasteiger partial charge in [-0.05, 0) is 12.8 Å². The van der Waals surface area contributed by atoms with Gasteiger partial charge in [-0.3, -0.25) is 0 Å². The summed E-state index contributed by atoms with van der Waals surface area (Å²) in [5.41, 5.74) is 1.17. The Bertz CT molecular complexity index is 352. The first-order valence-electron chi connectivity index (χ1n) is 7.46. The second kappa shape index (κ2) is 7.36. The SMILES string of the molecule is C1CC2(CNC2)CO1.C1CC2(CNC2)CO1.O=C([O-])C(=O)[O-]. The molecule has 4 fully saturated rings. The first-order chi connectivity index (χ1) is 10.5. The van der Waals surface area contributed by atoms with E-state index in [-0.39, 0.29) is 0 Å². The Morgan fingerprint density at radius 1 is 0.773 bits per heavy atom. The molecule has 0 aliphatic carbocycles. The molecule has 0 bridgehead atoms. The number of ether oxygens (including phenoxy) is 2. The van der Waals surface area contributed by atoms with Crippen LogP contribution in [0.2, 0.25) is 0 Å². The first kappa shape index (κ1) is 17.1. The molecule has 0 radical (unpaired) electrons. The molecular weight excluding hydrogens is 292 g/mol. The third-order valence-corrected chi connectivity index (χ3v) is 4.54. The van der Waals surface area contributed by atoms with Gasteiger partial charge in [-0.1, -0.05) is 0 Å². The molecule has 0 unspecified atom stereocenters. The van der Waals surface area contributed by atoms with Gasteiger partial charge in [-0.15, -0.1) is 0 Å². The molecule has 4 saturated heterocycles. The van der Waals surface area contributed by atoms with Gasteiger partial charge < -0.3 is 39.9 Å². The maximum Gasteiger partial charge on any atom is 0.0870 e. The highest BCUT2D eigenvalue weighted by molar-refractivity contribution is 6.25. The number of aliphatic carboxylic acids is 2. The number of carboxylic acids is 2. The molecule has 0 atom stereocenters. The Morgan fingerprint density at radius 2 is 1.14 bits per heavy atom. The third kappa shape index (κ3) is 4.39. The van der Waals surface area contributed by atoms with Crippen molar-refractivity contribution < 1.29 is 29.3 Å². The highest BCUT2D eigenvalue weighted by atomic mass is 16.5. The second-order valence-corrected chi connectivity index (χ2v) is 6.39. The molecule has 8 heteroatoms. The molecule has 8 nitrogen and oxygen atoms in total.